The van der Waals surface area contributed by atoms with E-state index in [0.29, 0.717) is 13.0 Å². The number of sulfonamides is 1. The van der Waals surface area contributed by atoms with Crippen LogP contribution in [0.1, 0.15) is 25.3 Å². The average molecular weight is 306 g/mol. The molecule has 0 radical (unpaired) electrons. The molecule has 19 heavy (non-hydrogen) atoms. The molecule has 0 aliphatic rings. The highest BCUT2D eigenvalue weighted by atomic mass is 35.5. The largest absolute Gasteiger partial charge is 0.396 e. The molecule has 0 saturated heterocycles. The molecule has 0 bridgehead atoms. The van der Waals surface area contributed by atoms with E-state index in [1.165, 1.54) is 6.07 Å². The second-order valence-corrected chi connectivity index (χ2v) is 6.90. The lowest BCUT2D eigenvalue weighted by Crippen LogP contribution is -2.25. The lowest BCUT2D eigenvalue weighted by Gasteiger charge is -2.10. The van der Waals surface area contributed by atoms with Crippen molar-refractivity contribution >= 4 is 21.6 Å². The summed E-state index contributed by atoms with van der Waals surface area (Å²) in [4.78, 5) is 0.106. The summed E-state index contributed by atoms with van der Waals surface area (Å²) in [6.45, 7) is 4.24. The Labute approximate surface area is 119 Å². The fourth-order valence-corrected chi connectivity index (χ4v) is 3.32. The van der Waals surface area contributed by atoms with Gasteiger partial charge in [-0.2, -0.15) is 0 Å². The third-order valence-corrected chi connectivity index (χ3v) is 4.80. The van der Waals surface area contributed by atoms with Crippen LogP contribution in [-0.2, 0) is 10.0 Å². The maximum Gasteiger partial charge on any atom is 0.242 e. The van der Waals surface area contributed by atoms with Crippen molar-refractivity contribution < 1.29 is 13.5 Å². The quantitative estimate of drug-likeness (QED) is 0.760. The number of benzene rings is 1. The Balaban J connectivity index is 2.61. The fourth-order valence-electron chi connectivity index (χ4n) is 1.65. The smallest absolute Gasteiger partial charge is 0.242 e. The minimum atomic E-state index is -3.56. The van der Waals surface area contributed by atoms with Crippen LogP contribution in [0.25, 0.3) is 0 Å². The van der Waals surface area contributed by atoms with Gasteiger partial charge in [-0.3, -0.25) is 0 Å². The van der Waals surface area contributed by atoms with Crippen molar-refractivity contribution in [2.75, 3.05) is 13.2 Å². The van der Waals surface area contributed by atoms with Crippen molar-refractivity contribution in [1.82, 2.24) is 4.72 Å². The monoisotopic (exact) mass is 305 g/mol. The normalized spacial score (nSPS) is 13.5. The molecule has 1 unspecified atom stereocenters. The summed E-state index contributed by atoms with van der Waals surface area (Å²) in [7, 11) is -3.56. The number of nitrogens with one attached hydrogen (secondary N) is 1. The number of aryl methyl sites for hydroxylation is 1. The molecular formula is C13H20ClNO3S. The van der Waals surface area contributed by atoms with Gasteiger partial charge in [0.25, 0.3) is 0 Å². The Morgan fingerprint density at radius 2 is 2.11 bits per heavy atom. The number of aliphatic hydroxyl groups is 1. The molecule has 0 aromatic heterocycles. The van der Waals surface area contributed by atoms with Crippen LogP contribution in [0.2, 0.25) is 5.02 Å². The summed E-state index contributed by atoms with van der Waals surface area (Å²) in [6, 6.07) is 4.86. The zero-order valence-electron chi connectivity index (χ0n) is 11.2. The standard InChI is InChI=1S/C13H20ClNO3S/c1-10-5-6-13(12(14)8-10)19(17,18)15-7-3-4-11(2)9-16/h5-6,8,11,15-16H,3-4,7,9H2,1-2H3. The van der Waals surface area contributed by atoms with Gasteiger partial charge in [-0.1, -0.05) is 24.6 Å². The first-order chi connectivity index (χ1) is 8.86. The summed E-state index contributed by atoms with van der Waals surface area (Å²) >= 11 is 5.95. The van der Waals surface area contributed by atoms with Crippen LogP contribution in [0.5, 0.6) is 0 Å². The molecule has 0 fully saturated rings. The van der Waals surface area contributed by atoms with Crippen LogP contribution in [0.15, 0.2) is 23.1 Å². The van der Waals surface area contributed by atoms with Gasteiger partial charge < -0.3 is 5.11 Å². The Kier molecular flexibility index (Phi) is 6.26. The first-order valence-corrected chi connectivity index (χ1v) is 8.09. The molecular weight excluding hydrogens is 286 g/mol. The van der Waals surface area contributed by atoms with Crippen molar-refractivity contribution in [2.24, 2.45) is 5.92 Å². The highest BCUT2D eigenvalue weighted by Gasteiger charge is 2.17. The Morgan fingerprint density at radius 1 is 1.42 bits per heavy atom. The van der Waals surface area contributed by atoms with Crippen molar-refractivity contribution in [3.63, 3.8) is 0 Å². The minimum Gasteiger partial charge on any atom is -0.396 e. The van der Waals surface area contributed by atoms with E-state index in [-0.39, 0.29) is 22.4 Å². The molecule has 1 rings (SSSR count). The van der Waals surface area contributed by atoms with Crippen molar-refractivity contribution in [1.29, 1.82) is 0 Å². The van der Waals surface area contributed by atoms with Crippen LogP contribution in [0.3, 0.4) is 0 Å². The number of halogens is 1. The summed E-state index contributed by atoms with van der Waals surface area (Å²) < 4.78 is 26.6. The first kappa shape index (κ1) is 16.4. The fraction of sp³-hybridized carbons (Fsp3) is 0.538. The number of hydrogen-bond donors (Lipinski definition) is 2. The lowest BCUT2D eigenvalue weighted by atomic mass is 10.1. The van der Waals surface area contributed by atoms with E-state index in [1.807, 2.05) is 13.8 Å². The molecule has 1 aromatic rings. The number of aliphatic hydroxyl groups excluding tert-OH is 1. The van der Waals surface area contributed by atoms with Gasteiger partial charge >= 0.3 is 0 Å². The summed E-state index contributed by atoms with van der Waals surface area (Å²) in [5.74, 6) is 0.187. The van der Waals surface area contributed by atoms with Gasteiger partial charge in [0.15, 0.2) is 0 Å². The molecule has 1 atom stereocenters. The molecule has 0 saturated carbocycles. The molecule has 0 aliphatic heterocycles. The third kappa shape index (κ3) is 5.10. The molecule has 6 heteroatoms. The Morgan fingerprint density at radius 3 is 2.68 bits per heavy atom. The van der Waals surface area contributed by atoms with Crippen molar-refractivity contribution in [3.8, 4) is 0 Å². The highest BCUT2D eigenvalue weighted by molar-refractivity contribution is 7.89. The van der Waals surface area contributed by atoms with Gasteiger partial charge in [0.1, 0.15) is 4.90 Å². The van der Waals surface area contributed by atoms with Gasteiger partial charge in [-0.05, 0) is 43.4 Å². The first-order valence-electron chi connectivity index (χ1n) is 6.23. The predicted octanol–water partition coefficient (Wildman–Crippen LogP) is 2.34. The molecule has 2 N–H and O–H groups in total. The second-order valence-electron chi connectivity index (χ2n) is 4.76. The maximum atomic E-state index is 12.0. The summed E-state index contributed by atoms with van der Waals surface area (Å²) in [5, 5.41) is 9.11. The lowest BCUT2D eigenvalue weighted by molar-refractivity contribution is 0.228. The van der Waals surface area contributed by atoms with Crippen LogP contribution in [-0.4, -0.2) is 26.7 Å². The third-order valence-electron chi connectivity index (χ3n) is 2.85. The molecule has 108 valence electrons. The number of rotatable bonds is 7. The second kappa shape index (κ2) is 7.24. The van der Waals surface area contributed by atoms with Crippen LogP contribution in [0, 0.1) is 12.8 Å². The van der Waals surface area contributed by atoms with E-state index in [0.717, 1.165) is 12.0 Å². The Hall–Kier alpha value is -0.620. The summed E-state index contributed by atoms with van der Waals surface area (Å²) in [6.07, 6.45) is 1.46. The van der Waals surface area contributed by atoms with Gasteiger partial charge in [0.2, 0.25) is 10.0 Å². The molecule has 0 amide bonds. The molecule has 0 aliphatic carbocycles. The zero-order chi connectivity index (χ0) is 14.5. The average Bonchev–Trinajstić information content (AvgIpc) is 2.33. The topological polar surface area (TPSA) is 66.4 Å². The van der Waals surface area contributed by atoms with E-state index in [2.05, 4.69) is 4.72 Å². The van der Waals surface area contributed by atoms with Crippen molar-refractivity contribution in [2.45, 2.75) is 31.6 Å². The van der Waals surface area contributed by atoms with Gasteiger partial charge in [0, 0.05) is 13.2 Å². The number of hydrogen-bond acceptors (Lipinski definition) is 3. The van der Waals surface area contributed by atoms with Gasteiger partial charge in [0.05, 0.1) is 5.02 Å². The maximum absolute atomic E-state index is 12.0. The van der Waals surface area contributed by atoms with Crippen LogP contribution in [0.4, 0.5) is 0 Å². The Bertz CT molecular complexity index is 517. The summed E-state index contributed by atoms with van der Waals surface area (Å²) in [5.41, 5.74) is 0.917. The van der Waals surface area contributed by atoms with Crippen molar-refractivity contribution in [3.05, 3.63) is 28.8 Å². The zero-order valence-corrected chi connectivity index (χ0v) is 12.8. The molecule has 0 heterocycles. The van der Waals surface area contributed by atoms with Gasteiger partial charge in [-0.15, -0.1) is 0 Å². The van der Waals surface area contributed by atoms with Gasteiger partial charge in [-0.25, -0.2) is 13.1 Å². The van der Waals surface area contributed by atoms with Crippen LogP contribution >= 0.6 is 11.6 Å². The molecule has 4 nitrogen and oxygen atoms in total. The van der Waals surface area contributed by atoms with E-state index < -0.39 is 10.0 Å². The van der Waals surface area contributed by atoms with E-state index in [4.69, 9.17) is 16.7 Å². The van der Waals surface area contributed by atoms with Crippen LogP contribution < -0.4 is 4.72 Å². The highest BCUT2D eigenvalue weighted by Crippen LogP contribution is 2.22. The van der Waals surface area contributed by atoms with E-state index in [9.17, 15) is 8.42 Å². The SMILES string of the molecule is Cc1ccc(S(=O)(=O)NCCCC(C)CO)c(Cl)c1. The van der Waals surface area contributed by atoms with E-state index in [1.54, 1.807) is 12.1 Å². The minimum absolute atomic E-state index is 0.106. The predicted molar refractivity (Wildman–Crippen MR) is 76.9 cm³/mol. The van der Waals surface area contributed by atoms with E-state index >= 15 is 0 Å². The molecule has 0 spiro atoms. The molecule has 1 aromatic carbocycles.